The summed E-state index contributed by atoms with van der Waals surface area (Å²) < 4.78 is 5.16. The molecule has 1 aliphatic rings. The van der Waals surface area contributed by atoms with Crippen LogP contribution in [0.5, 0.6) is 0 Å². The maximum absolute atomic E-state index is 12.2. The van der Waals surface area contributed by atoms with E-state index in [1.165, 1.54) is 0 Å². The Morgan fingerprint density at radius 3 is 2.70 bits per heavy atom. The van der Waals surface area contributed by atoms with Crippen molar-refractivity contribution in [3.63, 3.8) is 0 Å². The molecule has 1 N–H and O–H groups in total. The minimum absolute atomic E-state index is 0.0463. The molecule has 1 atom stereocenters. The lowest BCUT2D eigenvalue weighted by Gasteiger charge is -2.25. The Balaban J connectivity index is 1.94. The first-order valence-electron chi connectivity index (χ1n) is 7.91. The van der Waals surface area contributed by atoms with E-state index in [0.717, 1.165) is 25.1 Å². The minimum atomic E-state index is -0.212. The number of nitrogens with one attached hydrogen (secondary N) is 1. The van der Waals surface area contributed by atoms with Gasteiger partial charge >= 0.3 is 0 Å². The van der Waals surface area contributed by atoms with E-state index in [-0.39, 0.29) is 29.8 Å². The lowest BCUT2D eigenvalue weighted by Crippen LogP contribution is -2.45. The number of hydrogen-bond acceptors (Lipinski definition) is 5. The van der Waals surface area contributed by atoms with Gasteiger partial charge in [-0.15, -0.1) is 0 Å². The lowest BCUT2D eigenvalue weighted by molar-refractivity contribution is -0.133. The molecule has 128 valence electrons. The molecule has 0 saturated carbocycles. The number of likely N-dealkylation sites (tertiary alicyclic amines) is 1. The van der Waals surface area contributed by atoms with Crippen molar-refractivity contribution in [3.05, 3.63) is 11.8 Å². The highest BCUT2D eigenvalue weighted by molar-refractivity contribution is 5.91. The average Bonchev–Trinajstić information content (AvgIpc) is 3.06. The average molecular weight is 322 g/mol. The Bertz CT molecular complexity index is 574. The van der Waals surface area contributed by atoms with E-state index in [1.54, 1.807) is 25.1 Å². The number of nitrogens with zero attached hydrogens (tertiary/aromatic N) is 3. The molecule has 0 radical (unpaired) electrons. The summed E-state index contributed by atoms with van der Waals surface area (Å²) in [6.07, 6.45) is 1.72. The van der Waals surface area contributed by atoms with Gasteiger partial charge in [-0.25, -0.2) is 0 Å². The SMILES string of the molecule is CN(C)C(=O)C1CCCN1CC(=O)Nc1cc(C(C)(C)C)no1. The van der Waals surface area contributed by atoms with Crippen LogP contribution in [0.1, 0.15) is 39.3 Å². The van der Waals surface area contributed by atoms with Gasteiger partial charge < -0.3 is 9.42 Å². The Morgan fingerprint density at radius 1 is 1.43 bits per heavy atom. The maximum atomic E-state index is 12.2. The van der Waals surface area contributed by atoms with Gasteiger partial charge in [0.25, 0.3) is 0 Å². The third-order valence-corrected chi connectivity index (χ3v) is 3.98. The molecule has 2 rings (SSSR count). The predicted molar refractivity (Wildman–Crippen MR) is 87.1 cm³/mol. The van der Waals surface area contributed by atoms with Gasteiger partial charge in [0, 0.05) is 25.6 Å². The van der Waals surface area contributed by atoms with Crippen LogP contribution < -0.4 is 5.32 Å². The highest BCUT2D eigenvalue weighted by Gasteiger charge is 2.33. The van der Waals surface area contributed by atoms with E-state index in [9.17, 15) is 9.59 Å². The van der Waals surface area contributed by atoms with Gasteiger partial charge in [-0.2, -0.15) is 0 Å². The van der Waals surface area contributed by atoms with Crippen LogP contribution in [0.3, 0.4) is 0 Å². The van der Waals surface area contributed by atoms with E-state index in [1.807, 2.05) is 25.7 Å². The van der Waals surface area contributed by atoms with Crippen LogP contribution in [-0.2, 0) is 15.0 Å². The molecule has 0 spiro atoms. The van der Waals surface area contributed by atoms with Gasteiger partial charge in [0.05, 0.1) is 18.3 Å². The van der Waals surface area contributed by atoms with E-state index < -0.39 is 0 Å². The first-order valence-corrected chi connectivity index (χ1v) is 7.91. The summed E-state index contributed by atoms with van der Waals surface area (Å²) in [6.45, 7) is 7.01. The predicted octanol–water partition coefficient (Wildman–Crippen LogP) is 1.46. The first-order chi connectivity index (χ1) is 10.7. The zero-order chi connectivity index (χ0) is 17.2. The van der Waals surface area contributed by atoms with Gasteiger partial charge in [-0.05, 0) is 19.4 Å². The summed E-state index contributed by atoms with van der Waals surface area (Å²) >= 11 is 0. The summed E-state index contributed by atoms with van der Waals surface area (Å²) in [5.74, 6) is 0.194. The Kier molecular flexibility index (Phi) is 5.09. The number of carbonyl (C=O) groups excluding carboxylic acids is 2. The van der Waals surface area contributed by atoms with Gasteiger partial charge in [-0.3, -0.25) is 19.8 Å². The van der Waals surface area contributed by atoms with E-state index in [0.29, 0.717) is 5.88 Å². The van der Waals surface area contributed by atoms with Gasteiger partial charge in [-0.1, -0.05) is 25.9 Å². The van der Waals surface area contributed by atoms with Crippen LogP contribution in [0.4, 0.5) is 5.88 Å². The third-order valence-electron chi connectivity index (χ3n) is 3.98. The van der Waals surface area contributed by atoms with Crippen molar-refractivity contribution in [2.24, 2.45) is 0 Å². The summed E-state index contributed by atoms with van der Waals surface area (Å²) in [6, 6.07) is 1.53. The standard InChI is InChI=1S/C16H26N4O3/c1-16(2,3)12-9-14(23-18-12)17-13(21)10-20-8-6-7-11(20)15(22)19(4)5/h9,11H,6-8,10H2,1-5H3,(H,17,21). The van der Waals surface area contributed by atoms with Crippen molar-refractivity contribution in [2.75, 3.05) is 32.5 Å². The third kappa shape index (κ3) is 4.31. The Hall–Kier alpha value is -1.89. The van der Waals surface area contributed by atoms with Crippen LogP contribution >= 0.6 is 0 Å². The fraction of sp³-hybridized carbons (Fsp3) is 0.688. The summed E-state index contributed by atoms with van der Waals surface area (Å²) in [4.78, 5) is 27.8. The van der Waals surface area contributed by atoms with Crippen molar-refractivity contribution in [1.29, 1.82) is 0 Å². The zero-order valence-corrected chi connectivity index (χ0v) is 14.5. The van der Waals surface area contributed by atoms with Crippen LogP contribution in [0.25, 0.3) is 0 Å². The van der Waals surface area contributed by atoms with Crippen LogP contribution in [0.15, 0.2) is 10.6 Å². The Labute approximate surface area is 137 Å². The fourth-order valence-corrected chi connectivity index (χ4v) is 2.64. The van der Waals surface area contributed by atoms with Gasteiger partial charge in [0.15, 0.2) is 0 Å². The first kappa shape index (κ1) is 17.5. The second-order valence-corrected chi connectivity index (χ2v) is 7.24. The molecule has 23 heavy (non-hydrogen) atoms. The molecule has 2 heterocycles. The quantitative estimate of drug-likeness (QED) is 0.908. The number of aromatic nitrogens is 1. The van der Waals surface area contributed by atoms with Gasteiger partial charge in [0.2, 0.25) is 17.7 Å². The van der Waals surface area contributed by atoms with E-state index in [4.69, 9.17) is 4.52 Å². The molecule has 1 unspecified atom stereocenters. The van der Waals surface area contributed by atoms with Crippen LogP contribution in [0, 0.1) is 0 Å². The minimum Gasteiger partial charge on any atom is -0.347 e. The van der Waals surface area contributed by atoms with E-state index in [2.05, 4.69) is 10.5 Å². The molecule has 1 aromatic heterocycles. The molecule has 1 aliphatic heterocycles. The fourth-order valence-electron chi connectivity index (χ4n) is 2.64. The van der Waals surface area contributed by atoms with Crippen molar-refractivity contribution in [2.45, 2.75) is 45.1 Å². The summed E-state index contributed by atoms with van der Waals surface area (Å²) in [5, 5.41) is 6.69. The summed E-state index contributed by atoms with van der Waals surface area (Å²) in [5.41, 5.74) is 0.652. The highest BCUT2D eigenvalue weighted by atomic mass is 16.5. The Morgan fingerprint density at radius 2 is 2.13 bits per heavy atom. The van der Waals surface area contributed by atoms with E-state index >= 15 is 0 Å². The van der Waals surface area contributed by atoms with Crippen molar-refractivity contribution in [1.82, 2.24) is 15.0 Å². The lowest BCUT2D eigenvalue weighted by atomic mass is 9.92. The van der Waals surface area contributed by atoms with Crippen LogP contribution in [-0.4, -0.2) is 60.0 Å². The summed E-state index contributed by atoms with van der Waals surface area (Å²) in [7, 11) is 3.48. The molecule has 1 saturated heterocycles. The number of anilines is 1. The smallest absolute Gasteiger partial charge is 0.240 e. The maximum Gasteiger partial charge on any atom is 0.240 e. The highest BCUT2D eigenvalue weighted by Crippen LogP contribution is 2.24. The monoisotopic (exact) mass is 322 g/mol. The molecule has 0 aromatic carbocycles. The van der Waals surface area contributed by atoms with Crippen molar-refractivity contribution < 1.29 is 14.1 Å². The largest absolute Gasteiger partial charge is 0.347 e. The molecule has 0 aliphatic carbocycles. The molecule has 1 aromatic rings. The molecule has 1 fully saturated rings. The molecule has 7 nitrogen and oxygen atoms in total. The molecular formula is C16H26N4O3. The number of amides is 2. The zero-order valence-electron chi connectivity index (χ0n) is 14.5. The second-order valence-electron chi connectivity index (χ2n) is 7.24. The number of carbonyl (C=O) groups is 2. The van der Waals surface area contributed by atoms with Crippen molar-refractivity contribution in [3.8, 4) is 0 Å². The topological polar surface area (TPSA) is 78.7 Å². The number of likely N-dealkylation sites (N-methyl/N-ethyl adjacent to an activating group) is 1. The number of hydrogen-bond donors (Lipinski definition) is 1. The molecule has 0 bridgehead atoms. The normalized spacial score (nSPS) is 18.9. The van der Waals surface area contributed by atoms with Gasteiger partial charge in [0.1, 0.15) is 0 Å². The van der Waals surface area contributed by atoms with Crippen molar-refractivity contribution >= 4 is 17.7 Å². The number of rotatable bonds is 4. The molecule has 7 heteroatoms. The molecule has 2 amide bonds. The van der Waals surface area contributed by atoms with Crippen LogP contribution in [0.2, 0.25) is 0 Å². The second kappa shape index (κ2) is 6.70. The molecular weight excluding hydrogens is 296 g/mol.